The number of rotatable bonds is 5. The summed E-state index contributed by atoms with van der Waals surface area (Å²) in [6, 6.07) is 15.7. The smallest absolute Gasteiger partial charge is 0.263 e. The third-order valence-corrected chi connectivity index (χ3v) is 5.65. The minimum absolute atomic E-state index is 0.146. The predicted octanol–water partition coefficient (Wildman–Crippen LogP) is 2.16. The van der Waals surface area contributed by atoms with Crippen molar-refractivity contribution in [2.24, 2.45) is 4.99 Å². The number of amidine groups is 1. The third-order valence-electron chi connectivity index (χ3n) is 4.25. The van der Waals surface area contributed by atoms with Crippen molar-refractivity contribution in [3.8, 4) is 0 Å². The number of hydrogen-bond donors (Lipinski definition) is 1. The summed E-state index contributed by atoms with van der Waals surface area (Å²) in [5.74, 6) is 0.0737. The molecule has 0 saturated carbocycles. The summed E-state index contributed by atoms with van der Waals surface area (Å²) < 4.78 is 26.8. The van der Waals surface area contributed by atoms with Crippen LogP contribution >= 0.6 is 0 Å². The molecule has 3 rings (SSSR count). The van der Waals surface area contributed by atoms with Crippen molar-refractivity contribution in [1.29, 1.82) is 0 Å². The summed E-state index contributed by atoms with van der Waals surface area (Å²) in [6.45, 7) is 4.63. The molecule has 26 heavy (non-hydrogen) atoms. The average molecular weight is 371 g/mol. The first-order chi connectivity index (χ1) is 12.4. The van der Waals surface area contributed by atoms with Gasteiger partial charge >= 0.3 is 0 Å². The van der Waals surface area contributed by atoms with Crippen molar-refractivity contribution in [2.75, 3.05) is 6.54 Å². The van der Waals surface area contributed by atoms with E-state index in [4.69, 9.17) is 0 Å². The molecule has 0 fully saturated rings. The third kappa shape index (κ3) is 3.62. The van der Waals surface area contributed by atoms with Crippen molar-refractivity contribution < 1.29 is 13.2 Å². The van der Waals surface area contributed by atoms with Crippen LogP contribution in [0.2, 0.25) is 0 Å². The quantitative estimate of drug-likeness (QED) is 0.875. The molecule has 7 heteroatoms. The highest BCUT2D eigenvalue weighted by molar-refractivity contribution is 7.90. The highest BCUT2D eigenvalue weighted by atomic mass is 32.2. The van der Waals surface area contributed by atoms with Gasteiger partial charge in [-0.2, -0.15) is 0 Å². The van der Waals surface area contributed by atoms with E-state index in [1.54, 1.807) is 30.0 Å². The van der Waals surface area contributed by atoms with Gasteiger partial charge in [0.15, 0.2) is 0 Å². The molecule has 1 heterocycles. The molecule has 1 N–H and O–H groups in total. The largest absolute Gasteiger partial charge is 0.337 e. The van der Waals surface area contributed by atoms with Gasteiger partial charge in [0, 0.05) is 18.7 Å². The fourth-order valence-electron chi connectivity index (χ4n) is 2.89. The van der Waals surface area contributed by atoms with Gasteiger partial charge in [0.25, 0.3) is 10.0 Å². The van der Waals surface area contributed by atoms with E-state index >= 15 is 0 Å². The average Bonchev–Trinajstić information content (AvgIpc) is 2.90. The van der Waals surface area contributed by atoms with E-state index in [1.165, 1.54) is 6.07 Å². The van der Waals surface area contributed by atoms with Crippen LogP contribution in [-0.4, -0.2) is 37.6 Å². The van der Waals surface area contributed by atoms with Gasteiger partial charge in [-0.1, -0.05) is 42.5 Å². The van der Waals surface area contributed by atoms with Gasteiger partial charge in [-0.15, -0.1) is 0 Å². The standard InChI is InChI=1S/C19H21N3O3S/c1-3-22(13-15-9-5-4-6-10-15)19(23)14(2)20-18-16-11-7-8-12-17(16)26(24,25)21-18/h4-12,14H,3,13H2,1-2H3,(H,20,21)/t14-/m1/s1. The van der Waals surface area contributed by atoms with E-state index in [-0.39, 0.29) is 16.6 Å². The van der Waals surface area contributed by atoms with Crippen LogP contribution in [0.15, 0.2) is 64.5 Å². The van der Waals surface area contributed by atoms with E-state index in [0.29, 0.717) is 18.7 Å². The molecule has 1 amide bonds. The maximum Gasteiger partial charge on any atom is 0.263 e. The van der Waals surface area contributed by atoms with Gasteiger partial charge in [0.05, 0.1) is 4.90 Å². The molecular formula is C19H21N3O3S. The van der Waals surface area contributed by atoms with Gasteiger partial charge < -0.3 is 4.90 Å². The first-order valence-electron chi connectivity index (χ1n) is 8.45. The zero-order chi connectivity index (χ0) is 18.7. The summed E-state index contributed by atoms with van der Waals surface area (Å²) in [5.41, 5.74) is 1.53. The Morgan fingerprint density at radius 2 is 1.77 bits per heavy atom. The SMILES string of the molecule is CCN(Cc1ccccc1)C(=O)[C@@H](C)N=C1NS(=O)(=O)c2ccccc21. The Bertz CT molecular complexity index is 940. The van der Waals surface area contributed by atoms with Crippen LogP contribution in [0, 0.1) is 0 Å². The van der Waals surface area contributed by atoms with E-state index in [1.807, 2.05) is 37.3 Å². The maximum atomic E-state index is 12.8. The number of benzene rings is 2. The topological polar surface area (TPSA) is 78.8 Å². The van der Waals surface area contributed by atoms with Crippen LogP contribution in [0.5, 0.6) is 0 Å². The first kappa shape index (κ1) is 18.1. The summed E-state index contributed by atoms with van der Waals surface area (Å²) in [7, 11) is -3.61. The monoisotopic (exact) mass is 371 g/mol. The molecule has 2 aromatic rings. The molecule has 1 aliphatic heterocycles. The molecule has 136 valence electrons. The van der Waals surface area contributed by atoms with Gasteiger partial charge in [0.2, 0.25) is 5.91 Å². The zero-order valence-corrected chi connectivity index (χ0v) is 15.5. The zero-order valence-electron chi connectivity index (χ0n) is 14.7. The van der Waals surface area contributed by atoms with Crippen LogP contribution in [0.4, 0.5) is 0 Å². The van der Waals surface area contributed by atoms with E-state index in [2.05, 4.69) is 9.71 Å². The molecule has 0 unspecified atom stereocenters. The van der Waals surface area contributed by atoms with Crippen molar-refractivity contribution in [3.63, 3.8) is 0 Å². The summed E-state index contributed by atoms with van der Waals surface area (Å²) in [4.78, 5) is 19.0. The Balaban J connectivity index is 1.82. The Morgan fingerprint density at radius 1 is 1.12 bits per heavy atom. The van der Waals surface area contributed by atoms with Crippen LogP contribution in [0.25, 0.3) is 0 Å². The Hall–Kier alpha value is -2.67. The molecule has 1 aliphatic rings. The van der Waals surface area contributed by atoms with Crippen molar-refractivity contribution >= 4 is 21.8 Å². The molecule has 2 aromatic carbocycles. The molecule has 0 aliphatic carbocycles. The first-order valence-corrected chi connectivity index (χ1v) is 9.93. The lowest BCUT2D eigenvalue weighted by Crippen LogP contribution is -2.37. The van der Waals surface area contributed by atoms with Gasteiger partial charge in [0.1, 0.15) is 11.9 Å². The number of amides is 1. The molecule has 0 saturated heterocycles. The molecule has 0 bridgehead atoms. The summed E-state index contributed by atoms with van der Waals surface area (Å²) in [5, 5.41) is 0. The number of carbonyl (C=O) groups is 1. The number of nitrogens with zero attached hydrogens (tertiary/aromatic N) is 2. The Labute approximate surface area is 153 Å². The van der Waals surface area contributed by atoms with Crippen LogP contribution < -0.4 is 4.72 Å². The normalized spacial score (nSPS) is 17.4. The van der Waals surface area contributed by atoms with E-state index in [9.17, 15) is 13.2 Å². The lowest BCUT2D eigenvalue weighted by molar-refractivity contribution is -0.132. The number of sulfonamides is 1. The Kier molecular flexibility index (Phi) is 5.08. The lowest BCUT2D eigenvalue weighted by atomic mass is 10.2. The lowest BCUT2D eigenvalue weighted by Gasteiger charge is -2.23. The van der Waals surface area contributed by atoms with E-state index < -0.39 is 16.1 Å². The minimum atomic E-state index is -3.61. The van der Waals surface area contributed by atoms with Gasteiger partial charge in [-0.3, -0.25) is 14.5 Å². The highest BCUT2D eigenvalue weighted by Crippen LogP contribution is 2.22. The second kappa shape index (κ2) is 7.29. The predicted molar refractivity (Wildman–Crippen MR) is 100 cm³/mol. The molecule has 0 aromatic heterocycles. The number of carbonyl (C=O) groups excluding carboxylic acids is 1. The Morgan fingerprint density at radius 3 is 2.46 bits per heavy atom. The minimum Gasteiger partial charge on any atom is -0.337 e. The number of likely N-dealkylation sites (N-methyl/N-ethyl adjacent to an activating group) is 1. The molecule has 6 nitrogen and oxygen atoms in total. The number of aliphatic imine (C=N–C) groups is 1. The van der Waals surface area contributed by atoms with Crippen LogP contribution in [0.1, 0.15) is 25.0 Å². The second-order valence-corrected chi connectivity index (χ2v) is 7.74. The van der Waals surface area contributed by atoms with Crippen molar-refractivity contribution in [3.05, 3.63) is 65.7 Å². The van der Waals surface area contributed by atoms with Gasteiger partial charge in [-0.05, 0) is 31.5 Å². The number of nitrogens with one attached hydrogen (secondary N) is 1. The summed E-state index contributed by atoms with van der Waals surface area (Å²) in [6.07, 6.45) is 0. The fraction of sp³-hybridized carbons (Fsp3) is 0.263. The second-order valence-electron chi connectivity index (χ2n) is 6.09. The van der Waals surface area contributed by atoms with Crippen molar-refractivity contribution in [1.82, 2.24) is 9.62 Å². The van der Waals surface area contributed by atoms with Crippen molar-refractivity contribution in [2.45, 2.75) is 31.3 Å². The number of fused-ring (bicyclic) bond motifs is 1. The molecule has 0 radical (unpaired) electrons. The van der Waals surface area contributed by atoms with Gasteiger partial charge in [-0.25, -0.2) is 8.42 Å². The molecule has 0 spiro atoms. The van der Waals surface area contributed by atoms with Crippen LogP contribution in [0.3, 0.4) is 0 Å². The molecular weight excluding hydrogens is 350 g/mol. The van der Waals surface area contributed by atoms with Crippen LogP contribution in [-0.2, 0) is 21.4 Å². The van der Waals surface area contributed by atoms with E-state index in [0.717, 1.165) is 5.56 Å². The highest BCUT2D eigenvalue weighted by Gasteiger charge is 2.31. The number of hydrogen-bond acceptors (Lipinski definition) is 4. The maximum absolute atomic E-state index is 12.8. The summed E-state index contributed by atoms with van der Waals surface area (Å²) >= 11 is 0. The fourth-order valence-corrected chi connectivity index (χ4v) is 4.13. The molecule has 1 atom stereocenters.